The summed E-state index contributed by atoms with van der Waals surface area (Å²) in [6.45, 7) is 2.03. The van der Waals surface area contributed by atoms with Gasteiger partial charge in [0.2, 0.25) is 12.4 Å². The molecule has 134 valence electrons. The van der Waals surface area contributed by atoms with Gasteiger partial charge in [0.1, 0.15) is 11.4 Å². The topological polar surface area (TPSA) is 21.3 Å². The fraction of sp³-hybridized carbons (Fsp3) is 0.143. The van der Waals surface area contributed by atoms with Crippen LogP contribution < -0.4 is 4.74 Å². The van der Waals surface area contributed by atoms with Crippen molar-refractivity contribution in [3.63, 3.8) is 0 Å². The summed E-state index contributed by atoms with van der Waals surface area (Å²) in [7, 11) is 3.86. The molecule has 27 heavy (non-hydrogen) atoms. The first-order chi connectivity index (χ1) is 12.6. The fourth-order valence-corrected chi connectivity index (χ4v) is 2.68. The van der Waals surface area contributed by atoms with E-state index in [-0.39, 0.29) is 21.1 Å². The van der Waals surface area contributed by atoms with Crippen molar-refractivity contribution in [3.05, 3.63) is 72.8 Å². The predicted molar refractivity (Wildman–Crippen MR) is 95.9 cm³/mol. The zero-order chi connectivity index (χ0) is 18.1. The molecule has 0 aromatic heterocycles. The van der Waals surface area contributed by atoms with Gasteiger partial charge in [0, 0.05) is 11.5 Å². The fourth-order valence-electron chi connectivity index (χ4n) is 2.68. The van der Waals surface area contributed by atoms with Crippen molar-refractivity contribution in [2.45, 2.75) is 6.92 Å². The van der Waals surface area contributed by atoms with Crippen LogP contribution in [0.25, 0.3) is 0 Å². The normalized spacial score (nSPS) is 14.3. The molecule has 0 N–H and O–H groups in total. The first-order valence-corrected chi connectivity index (χ1v) is 8.24. The van der Waals surface area contributed by atoms with Gasteiger partial charge in [-0.25, -0.2) is 0 Å². The summed E-state index contributed by atoms with van der Waals surface area (Å²) in [5.74, 6) is 1.27. The maximum absolute atomic E-state index is 6.02. The number of hydrogen-bond acceptors (Lipinski definition) is 1. The van der Waals surface area contributed by atoms with E-state index >= 15 is 0 Å². The molecule has 0 unspecified atom stereocenters. The van der Waals surface area contributed by atoms with E-state index in [9.17, 15) is 0 Å². The molecule has 0 aliphatic carbocycles. The summed E-state index contributed by atoms with van der Waals surface area (Å²) < 4.78 is 13.5. The maximum atomic E-state index is 6.02. The minimum absolute atomic E-state index is 0. The number of benzene rings is 2. The zero-order valence-corrected chi connectivity index (χ0v) is 17.5. The Labute approximate surface area is 172 Å². The molecule has 0 saturated heterocycles. The standard InChI is InChI=1S/C21H18N4O.Pt/c1-17-11-19(25-10-8-23(3)16-25)14-21(12-17)26-20-6-4-5-18(13-20)24-9-7-22(2)15-24;/h4-12H,1-3H3;/q2*+2. The van der Waals surface area contributed by atoms with Gasteiger partial charge in [-0.05, 0) is 0 Å². The Hall–Kier alpha value is -2.83. The Kier molecular flexibility index (Phi) is 5.48. The second-order valence-corrected chi connectivity index (χ2v) is 6.17. The van der Waals surface area contributed by atoms with Gasteiger partial charge in [-0.15, -0.1) is 12.1 Å². The first kappa shape index (κ1) is 18.9. The van der Waals surface area contributed by atoms with Crippen molar-refractivity contribution in [1.82, 2.24) is 0 Å². The van der Waals surface area contributed by atoms with Crippen LogP contribution in [0.1, 0.15) is 5.56 Å². The van der Waals surface area contributed by atoms with Crippen LogP contribution in [-0.2, 0) is 21.1 Å². The molecule has 2 aromatic carbocycles. The summed E-state index contributed by atoms with van der Waals surface area (Å²) in [4.78, 5) is 0. The van der Waals surface area contributed by atoms with E-state index in [2.05, 4.69) is 24.1 Å². The second kappa shape index (κ2) is 7.82. The van der Waals surface area contributed by atoms with Crippen LogP contribution >= 0.6 is 0 Å². The molecule has 2 aliphatic heterocycles. The third-order valence-corrected chi connectivity index (χ3v) is 3.88. The molecule has 0 saturated carbocycles. The number of hydrogen-bond donors (Lipinski definition) is 0. The summed E-state index contributed by atoms with van der Waals surface area (Å²) in [6.07, 6.45) is 7.72. The van der Waals surface area contributed by atoms with Gasteiger partial charge in [-0.2, -0.15) is 11.6 Å². The van der Waals surface area contributed by atoms with Crippen LogP contribution in [0.4, 0.5) is 11.4 Å². The molecule has 0 bridgehead atoms. The van der Waals surface area contributed by atoms with Crippen molar-refractivity contribution < 1.29 is 44.1 Å². The summed E-state index contributed by atoms with van der Waals surface area (Å²) in [5, 5.41) is 0. The van der Waals surface area contributed by atoms with Gasteiger partial charge < -0.3 is 4.74 Å². The SMILES string of the molecule is Cc1cc(Oc2[c-]c([N+]3=C=[N+](C)C=C3)ccc2)[c-]c([N+]2=C=[N+](C)C=C2)c1.[Pt+2]. The minimum atomic E-state index is 0. The van der Waals surface area contributed by atoms with Gasteiger partial charge in [0.25, 0.3) is 12.4 Å². The Morgan fingerprint density at radius 3 is 2.07 bits per heavy atom. The van der Waals surface area contributed by atoms with E-state index in [0.717, 1.165) is 16.9 Å². The third-order valence-electron chi connectivity index (χ3n) is 3.88. The largest absolute Gasteiger partial charge is 2.00 e. The van der Waals surface area contributed by atoms with E-state index in [1.165, 1.54) is 0 Å². The van der Waals surface area contributed by atoms with E-state index in [1.54, 1.807) is 0 Å². The average molecular weight is 537 g/mol. The van der Waals surface area contributed by atoms with Gasteiger partial charge >= 0.3 is 33.1 Å². The monoisotopic (exact) mass is 537 g/mol. The molecular weight excluding hydrogens is 519 g/mol. The quantitative estimate of drug-likeness (QED) is 0.434. The molecule has 2 heterocycles. The summed E-state index contributed by atoms with van der Waals surface area (Å²) in [6, 6.07) is 22.6. The predicted octanol–water partition coefficient (Wildman–Crippen LogP) is 3.28. The van der Waals surface area contributed by atoms with Gasteiger partial charge in [-0.3, -0.25) is 0 Å². The smallest absolute Gasteiger partial charge is 0.509 e. The Morgan fingerprint density at radius 2 is 1.44 bits per heavy atom. The van der Waals surface area contributed by atoms with Gasteiger partial charge in [0.05, 0.1) is 0 Å². The molecular formula is C21H18N4OPt+4. The maximum Gasteiger partial charge on any atom is 2.00 e. The molecule has 0 fully saturated rings. The molecule has 6 heteroatoms. The Morgan fingerprint density at radius 1 is 0.815 bits per heavy atom. The van der Waals surface area contributed by atoms with Crippen molar-refractivity contribution in [3.8, 4) is 11.5 Å². The van der Waals surface area contributed by atoms with E-state index < -0.39 is 0 Å². The molecule has 0 radical (unpaired) electrons. The van der Waals surface area contributed by atoms with Gasteiger partial charge in [0.15, 0.2) is 14.1 Å². The summed E-state index contributed by atoms with van der Waals surface area (Å²) >= 11 is 0. The number of rotatable bonds is 4. The Balaban J connectivity index is 0.00000210. The molecule has 0 spiro atoms. The van der Waals surface area contributed by atoms with Crippen molar-refractivity contribution in [2.24, 2.45) is 0 Å². The minimum Gasteiger partial charge on any atom is -0.509 e. The molecule has 0 atom stereocenters. The first-order valence-electron chi connectivity index (χ1n) is 8.24. The van der Waals surface area contributed by atoms with Crippen LogP contribution in [0.2, 0.25) is 0 Å². The van der Waals surface area contributed by atoms with Crippen molar-refractivity contribution >= 4 is 23.4 Å². The molecule has 2 aromatic rings. The van der Waals surface area contributed by atoms with Crippen LogP contribution in [0.15, 0.2) is 55.1 Å². The average Bonchev–Trinajstić information content (AvgIpc) is 3.23. The van der Waals surface area contributed by atoms with E-state index in [0.29, 0.717) is 11.5 Å². The van der Waals surface area contributed by atoms with Crippen LogP contribution in [0, 0.1) is 19.1 Å². The number of ether oxygens (including phenoxy) is 1. The number of aryl methyl sites for hydroxylation is 1. The van der Waals surface area contributed by atoms with Crippen LogP contribution in [0.5, 0.6) is 11.5 Å². The van der Waals surface area contributed by atoms with Crippen molar-refractivity contribution in [1.29, 1.82) is 0 Å². The van der Waals surface area contributed by atoms with Crippen molar-refractivity contribution in [2.75, 3.05) is 14.1 Å². The van der Waals surface area contributed by atoms with Crippen LogP contribution in [-0.4, -0.2) is 44.4 Å². The molecule has 5 nitrogen and oxygen atoms in total. The molecule has 4 rings (SSSR count). The van der Waals surface area contributed by atoms with Gasteiger partial charge in [-0.1, -0.05) is 49.5 Å². The summed E-state index contributed by atoms with van der Waals surface area (Å²) in [5.41, 5.74) is 2.82. The van der Waals surface area contributed by atoms with E-state index in [1.807, 2.05) is 94.5 Å². The second-order valence-electron chi connectivity index (χ2n) is 6.17. The van der Waals surface area contributed by atoms with Crippen LogP contribution in [0.3, 0.4) is 0 Å². The molecule has 0 amide bonds. The van der Waals surface area contributed by atoms with E-state index in [4.69, 9.17) is 4.74 Å². The number of nitrogens with zero attached hydrogens (tertiary/aromatic N) is 4. The zero-order valence-electron chi connectivity index (χ0n) is 15.2. The Bertz CT molecular complexity index is 1110. The third kappa shape index (κ3) is 4.29. The molecule has 2 aliphatic rings.